The molecule has 1 nitrogen and oxygen atoms in total. The van der Waals surface area contributed by atoms with Crippen molar-refractivity contribution in [3.05, 3.63) is 33.8 Å². The fourth-order valence-electron chi connectivity index (χ4n) is 1.77. The summed E-state index contributed by atoms with van der Waals surface area (Å²) in [6, 6.07) is 6.75. The molecule has 1 aromatic carbocycles. The van der Waals surface area contributed by atoms with Gasteiger partial charge in [-0.05, 0) is 36.5 Å². The predicted molar refractivity (Wildman–Crippen MR) is 54.1 cm³/mol. The Morgan fingerprint density at radius 1 is 1.42 bits per heavy atom. The van der Waals surface area contributed by atoms with Crippen LogP contribution in [0.1, 0.15) is 17.5 Å². The lowest BCUT2D eigenvalue weighted by Crippen LogP contribution is -2.28. The van der Waals surface area contributed by atoms with E-state index in [9.17, 15) is 0 Å². The van der Waals surface area contributed by atoms with Gasteiger partial charge in [0.2, 0.25) is 0 Å². The van der Waals surface area contributed by atoms with Gasteiger partial charge in [-0.3, -0.25) is 0 Å². The van der Waals surface area contributed by atoms with E-state index in [1.54, 1.807) is 0 Å². The van der Waals surface area contributed by atoms with E-state index < -0.39 is 0 Å². The molecule has 0 fully saturated rings. The van der Waals surface area contributed by atoms with E-state index in [1.165, 1.54) is 15.6 Å². The van der Waals surface area contributed by atoms with Crippen molar-refractivity contribution in [3.8, 4) is 0 Å². The summed E-state index contributed by atoms with van der Waals surface area (Å²) in [5.41, 5.74) is 8.77. The second kappa shape index (κ2) is 3.19. The van der Waals surface area contributed by atoms with E-state index in [0.717, 1.165) is 19.3 Å². The molecule has 0 aliphatic heterocycles. The average molecular weight is 226 g/mol. The Bertz CT molecular complexity index is 296. The van der Waals surface area contributed by atoms with Crippen LogP contribution in [0.15, 0.2) is 22.7 Å². The summed E-state index contributed by atoms with van der Waals surface area (Å²) < 4.78 is 1.22. The van der Waals surface area contributed by atoms with Gasteiger partial charge in [0.15, 0.2) is 0 Å². The molecule has 1 unspecified atom stereocenters. The smallest absolute Gasteiger partial charge is 0.0210 e. The number of rotatable bonds is 0. The normalized spacial score (nSPS) is 22.0. The molecule has 0 saturated heterocycles. The standard InChI is InChI=1S/C10H12BrN/c11-10-3-1-2-7-4-5-8(12)6-9(7)10/h1-3,8H,4-6,12H2. The zero-order valence-corrected chi connectivity index (χ0v) is 8.47. The number of hydrogen-bond acceptors (Lipinski definition) is 1. The van der Waals surface area contributed by atoms with Crippen molar-refractivity contribution in [2.24, 2.45) is 5.73 Å². The largest absolute Gasteiger partial charge is 0.327 e. The van der Waals surface area contributed by atoms with Crippen LogP contribution in [0.3, 0.4) is 0 Å². The molecule has 1 aromatic rings. The number of hydrogen-bond donors (Lipinski definition) is 1. The summed E-state index contributed by atoms with van der Waals surface area (Å²) >= 11 is 3.55. The fraction of sp³-hybridized carbons (Fsp3) is 0.400. The van der Waals surface area contributed by atoms with E-state index in [4.69, 9.17) is 5.73 Å². The SMILES string of the molecule is NC1CCc2cccc(Br)c2C1. The molecule has 12 heavy (non-hydrogen) atoms. The Hall–Kier alpha value is -0.340. The summed E-state index contributed by atoms with van der Waals surface area (Å²) in [7, 11) is 0. The van der Waals surface area contributed by atoms with Crippen LogP contribution in [0.4, 0.5) is 0 Å². The zero-order valence-electron chi connectivity index (χ0n) is 6.89. The van der Waals surface area contributed by atoms with Crippen LogP contribution in [-0.2, 0) is 12.8 Å². The van der Waals surface area contributed by atoms with E-state index in [0.29, 0.717) is 6.04 Å². The average Bonchev–Trinajstić information content (AvgIpc) is 2.07. The third kappa shape index (κ3) is 1.41. The number of halogens is 1. The lowest BCUT2D eigenvalue weighted by Gasteiger charge is -2.22. The first-order chi connectivity index (χ1) is 5.77. The van der Waals surface area contributed by atoms with Crippen LogP contribution in [0.25, 0.3) is 0 Å². The van der Waals surface area contributed by atoms with Crippen molar-refractivity contribution in [1.82, 2.24) is 0 Å². The number of fused-ring (bicyclic) bond motifs is 1. The molecular weight excluding hydrogens is 214 g/mol. The first kappa shape index (κ1) is 8.27. The van der Waals surface area contributed by atoms with Crippen LogP contribution >= 0.6 is 15.9 Å². The van der Waals surface area contributed by atoms with Crippen LogP contribution in [0.2, 0.25) is 0 Å². The topological polar surface area (TPSA) is 26.0 Å². The highest BCUT2D eigenvalue weighted by Crippen LogP contribution is 2.27. The molecule has 0 aromatic heterocycles. The quantitative estimate of drug-likeness (QED) is 0.721. The minimum atomic E-state index is 0.358. The first-order valence-corrected chi connectivity index (χ1v) is 5.08. The maximum absolute atomic E-state index is 5.90. The molecule has 2 N–H and O–H groups in total. The van der Waals surface area contributed by atoms with Crippen LogP contribution in [0, 0.1) is 0 Å². The fourth-order valence-corrected chi connectivity index (χ4v) is 2.34. The van der Waals surface area contributed by atoms with Gasteiger partial charge in [-0.2, -0.15) is 0 Å². The minimum Gasteiger partial charge on any atom is -0.327 e. The molecule has 0 bridgehead atoms. The van der Waals surface area contributed by atoms with Gasteiger partial charge < -0.3 is 5.73 Å². The van der Waals surface area contributed by atoms with Gasteiger partial charge in [-0.1, -0.05) is 28.1 Å². The Morgan fingerprint density at radius 3 is 3.08 bits per heavy atom. The third-order valence-corrected chi connectivity index (χ3v) is 3.21. The maximum Gasteiger partial charge on any atom is 0.0210 e. The number of aryl methyl sites for hydroxylation is 1. The highest BCUT2D eigenvalue weighted by atomic mass is 79.9. The van der Waals surface area contributed by atoms with E-state index in [1.807, 2.05) is 0 Å². The molecule has 0 amide bonds. The third-order valence-electron chi connectivity index (χ3n) is 2.47. The molecule has 2 rings (SSSR count). The monoisotopic (exact) mass is 225 g/mol. The molecule has 0 spiro atoms. The van der Waals surface area contributed by atoms with Gasteiger partial charge in [0.1, 0.15) is 0 Å². The Balaban J connectivity index is 2.43. The zero-order chi connectivity index (χ0) is 8.55. The van der Waals surface area contributed by atoms with Crippen LogP contribution < -0.4 is 5.73 Å². The van der Waals surface area contributed by atoms with Crippen molar-refractivity contribution in [3.63, 3.8) is 0 Å². The molecule has 1 aliphatic rings. The predicted octanol–water partition coefficient (Wildman–Crippen LogP) is 2.27. The molecule has 1 aliphatic carbocycles. The summed E-state index contributed by atoms with van der Waals surface area (Å²) in [5, 5.41) is 0. The molecule has 1 atom stereocenters. The lowest BCUT2D eigenvalue weighted by molar-refractivity contribution is 0.575. The van der Waals surface area contributed by atoms with E-state index in [2.05, 4.69) is 34.1 Å². The summed E-state index contributed by atoms with van der Waals surface area (Å²) in [6.45, 7) is 0. The molecule has 0 heterocycles. The minimum absolute atomic E-state index is 0.358. The van der Waals surface area contributed by atoms with Crippen molar-refractivity contribution >= 4 is 15.9 Å². The highest BCUT2D eigenvalue weighted by molar-refractivity contribution is 9.10. The van der Waals surface area contributed by atoms with Crippen LogP contribution in [0.5, 0.6) is 0 Å². The van der Waals surface area contributed by atoms with Gasteiger partial charge in [0.25, 0.3) is 0 Å². The second-order valence-corrected chi connectivity index (χ2v) is 4.23. The number of benzene rings is 1. The second-order valence-electron chi connectivity index (χ2n) is 3.38. The van der Waals surface area contributed by atoms with Crippen molar-refractivity contribution in [1.29, 1.82) is 0 Å². The molecule has 0 radical (unpaired) electrons. The van der Waals surface area contributed by atoms with Gasteiger partial charge in [0, 0.05) is 10.5 Å². The Labute approximate surface area is 81.1 Å². The van der Waals surface area contributed by atoms with Gasteiger partial charge in [-0.15, -0.1) is 0 Å². The Morgan fingerprint density at radius 2 is 2.25 bits per heavy atom. The van der Waals surface area contributed by atoms with E-state index in [-0.39, 0.29) is 0 Å². The molecule has 64 valence electrons. The van der Waals surface area contributed by atoms with Gasteiger partial charge in [-0.25, -0.2) is 0 Å². The van der Waals surface area contributed by atoms with Crippen molar-refractivity contribution < 1.29 is 0 Å². The summed E-state index contributed by atoms with van der Waals surface area (Å²) in [6.07, 6.45) is 3.29. The molecule has 2 heteroatoms. The van der Waals surface area contributed by atoms with Gasteiger partial charge in [0.05, 0.1) is 0 Å². The summed E-state index contributed by atoms with van der Waals surface area (Å²) in [4.78, 5) is 0. The Kier molecular flexibility index (Phi) is 2.20. The van der Waals surface area contributed by atoms with Crippen LogP contribution in [-0.4, -0.2) is 6.04 Å². The van der Waals surface area contributed by atoms with Crippen molar-refractivity contribution in [2.45, 2.75) is 25.3 Å². The lowest BCUT2D eigenvalue weighted by atomic mass is 9.89. The van der Waals surface area contributed by atoms with E-state index >= 15 is 0 Å². The molecule has 0 saturated carbocycles. The number of nitrogens with two attached hydrogens (primary N) is 1. The first-order valence-electron chi connectivity index (χ1n) is 4.29. The highest BCUT2D eigenvalue weighted by Gasteiger charge is 2.16. The van der Waals surface area contributed by atoms with Crippen molar-refractivity contribution in [2.75, 3.05) is 0 Å². The molecular formula is C10H12BrN. The van der Waals surface area contributed by atoms with Gasteiger partial charge >= 0.3 is 0 Å². The maximum atomic E-state index is 5.90. The summed E-state index contributed by atoms with van der Waals surface area (Å²) in [5.74, 6) is 0.